The van der Waals surface area contributed by atoms with Crippen LogP contribution < -0.4 is 10.1 Å². The van der Waals surface area contributed by atoms with Gasteiger partial charge in [-0.1, -0.05) is 20.8 Å². The number of hydrogen-bond acceptors (Lipinski definition) is 4. The molecule has 1 aromatic heterocycles. The molecule has 2 aromatic rings. The van der Waals surface area contributed by atoms with E-state index in [1.807, 2.05) is 31.2 Å². The predicted octanol–water partition coefficient (Wildman–Crippen LogP) is 3.07. The fourth-order valence-electron chi connectivity index (χ4n) is 2.89. The lowest BCUT2D eigenvalue weighted by Gasteiger charge is -2.16. The second kappa shape index (κ2) is 6.35. The Hall–Kier alpha value is -2.63. The third-order valence-electron chi connectivity index (χ3n) is 4.24. The molecule has 0 unspecified atom stereocenters. The van der Waals surface area contributed by atoms with Gasteiger partial charge in [-0.15, -0.1) is 0 Å². The van der Waals surface area contributed by atoms with Crippen molar-refractivity contribution in [3.8, 4) is 5.75 Å². The number of amides is 1. The molecule has 0 atom stereocenters. The highest BCUT2D eigenvalue weighted by molar-refractivity contribution is 6.10. The van der Waals surface area contributed by atoms with Crippen molar-refractivity contribution in [1.29, 1.82) is 0 Å². The SMILES string of the molecule is CCn1nc(C(C)(C)C)c2c1C(=O)NCC(c1ccc(OC)cc1)=N2. The molecule has 132 valence electrons. The van der Waals surface area contributed by atoms with Gasteiger partial charge in [-0.25, -0.2) is 4.99 Å². The van der Waals surface area contributed by atoms with Crippen molar-refractivity contribution in [3.05, 3.63) is 41.2 Å². The number of carbonyl (C=O) groups excluding carboxylic acids is 1. The summed E-state index contributed by atoms with van der Waals surface area (Å²) in [5.74, 6) is 0.656. The van der Waals surface area contributed by atoms with E-state index in [1.165, 1.54) is 0 Å². The fourth-order valence-corrected chi connectivity index (χ4v) is 2.89. The van der Waals surface area contributed by atoms with Crippen LogP contribution in [0.3, 0.4) is 0 Å². The van der Waals surface area contributed by atoms with E-state index in [9.17, 15) is 4.79 Å². The molecule has 25 heavy (non-hydrogen) atoms. The summed E-state index contributed by atoms with van der Waals surface area (Å²) >= 11 is 0. The minimum Gasteiger partial charge on any atom is -0.497 e. The first-order valence-corrected chi connectivity index (χ1v) is 8.46. The lowest BCUT2D eigenvalue weighted by atomic mass is 9.91. The van der Waals surface area contributed by atoms with Crippen molar-refractivity contribution in [2.45, 2.75) is 39.7 Å². The van der Waals surface area contributed by atoms with Crippen LogP contribution >= 0.6 is 0 Å². The first-order valence-electron chi connectivity index (χ1n) is 8.46. The van der Waals surface area contributed by atoms with Crippen LogP contribution in [0.15, 0.2) is 29.3 Å². The van der Waals surface area contributed by atoms with E-state index in [2.05, 4.69) is 31.2 Å². The smallest absolute Gasteiger partial charge is 0.272 e. The lowest BCUT2D eigenvalue weighted by molar-refractivity contribution is 0.0950. The fraction of sp³-hybridized carbons (Fsp3) is 0.421. The van der Waals surface area contributed by atoms with Gasteiger partial charge >= 0.3 is 0 Å². The summed E-state index contributed by atoms with van der Waals surface area (Å²) in [5.41, 5.74) is 3.62. The third-order valence-corrected chi connectivity index (χ3v) is 4.24. The predicted molar refractivity (Wildman–Crippen MR) is 98.1 cm³/mol. The Kier molecular flexibility index (Phi) is 4.37. The number of ether oxygens (including phenoxy) is 1. The number of carbonyl (C=O) groups is 1. The first-order chi connectivity index (χ1) is 11.8. The van der Waals surface area contributed by atoms with Crippen molar-refractivity contribution >= 4 is 17.3 Å². The van der Waals surface area contributed by atoms with Gasteiger partial charge in [0.2, 0.25) is 0 Å². The normalized spacial score (nSPS) is 14.4. The number of nitrogens with one attached hydrogen (secondary N) is 1. The van der Waals surface area contributed by atoms with Crippen molar-refractivity contribution in [2.75, 3.05) is 13.7 Å². The number of rotatable bonds is 3. The molecule has 0 spiro atoms. The number of aliphatic imine (C=N–C) groups is 1. The van der Waals surface area contributed by atoms with E-state index in [0.717, 1.165) is 22.7 Å². The second-order valence-electron chi connectivity index (χ2n) is 7.08. The Balaban J connectivity index is 2.16. The van der Waals surface area contributed by atoms with Crippen LogP contribution in [0, 0.1) is 0 Å². The highest BCUT2D eigenvalue weighted by Gasteiger charge is 2.31. The van der Waals surface area contributed by atoms with Crippen LogP contribution in [-0.2, 0) is 12.0 Å². The number of benzene rings is 1. The molecular weight excluding hydrogens is 316 g/mol. The van der Waals surface area contributed by atoms with E-state index < -0.39 is 0 Å². The maximum absolute atomic E-state index is 12.6. The summed E-state index contributed by atoms with van der Waals surface area (Å²) < 4.78 is 6.96. The van der Waals surface area contributed by atoms with Crippen LogP contribution in [0.2, 0.25) is 0 Å². The van der Waals surface area contributed by atoms with Gasteiger partial charge in [0.05, 0.1) is 25.1 Å². The van der Waals surface area contributed by atoms with E-state index >= 15 is 0 Å². The molecule has 1 N–H and O–H groups in total. The topological polar surface area (TPSA) is 68.5 Å². The van der Waals surface area contributed by atoms with Crippen LogP contribution in [0.25, 0.3) is 0 Å². The summed E-state index contributed by atoms with van der Waals surface area (Å²) in [7, 11) is 1.64. The molecule has 0 radical (unpaired) electrons. The van der Waals surface area contributed by atoms with E-state index in [1.54, 1.807) is 11.8 Å². The Bertz CT molecular complexity index is 826. The van der Waals surface area contributed by atoms with E-state index in [4.69, 9.17) is 9.73 Å². The van der Waals surface area contributed by atoms with E-state index in [0.29, 0.717) is 24.5 Å². The van der Waals surface area contributed by atoms with Crippen molar-refractivity contribution < 1.29 is 9.53 Å². The summed E-state index contributed by atoms with van der Waals surface area (Å²) in [4.78, 5) is 17.5. The number of fused-ring (bicyclic) bond motifs is 1. The molecule has 0 bridgehead atoms. The van der Waals surface area contributed by atoms with Gasteiger partial charge in [0, 0.05) is 12.0 Å². The second-order valence-corrected chi connectivity index (χ2v) is 7.08. The molecule has 2 heterocycles. The van der Waals surface area contributed by atoms with Gasteiger partial charge in [-0.05, 0) is 36.8 Å². The zero-order chi connectivity index (χ0) is 18.2. The zero-order valence-corrected chi connectivity index (χ0v) is 15.4. The molecule has 6 heteroatoms. The molecule has 0 saturated carbocycles. The molecule has 0 saturated heterocycles. The molecule has 6 nitrogen and oxygen atoms in total. The average molecular weight is 340 g/mol. The van der Waals surface area contributed by atoms with Gasteiger partial charge in [0.1, 0.15) is 11.4 Å². The molecule has 1 amide bonds. The quantitative estimate of drug-likeness (QED) is 0.933. The number of aryl methyl sites for hydroxylation is 1. The minimum absolute atomic E-state index is 0.132. The molecule has 1 aliphatic rings. The maximum atomic E-state index is 12.6. The van der Waals surface area contributed by atoms with Gasteiger partial charge < -0.3 is 10.1 Å². The van der Waals surface area contributed by atoms with Crippen LogP contribution in [-0.4, -0.2) is 35.1 Å². The third kappa shape index (κ3) is 3.16. The zero-order valence-electron chi connectivity index (χ0n) is 15.4. The first kappa shape index (κ1) is 17.2. The van der Waals surface area contributed by atoms with Crippen molar-refractivity contribution in [2.24, 2.45) is 4.99 Å². The molecule has 3 rings (SSSR count). The molecule has 1 aromatic carbocycles. The van der Waals surface area contributed by atoms with Gasteiger partial charge in [-0.2, -0.15) is 5.10 Å². The lowest BCUT2D eigenvalue weighted by Crippen LogP contribution is -2.29. The Morgan fingerprint density at radius 2 is 1.92 bits per heavy atom. The molecule has 0 fully saturated rings. The van der Waals surface area contributed by atoms with Crippen molar-refractivity contribution in [3.63, 3.8) is 0 Å². The minimum atomic E-state index is -0.205. The highest BCUT2D eigenvalue weighted by Crippen LogP contribution is 2.35. The summed E-state index contributed by atoms with van der Waals surface area (Å²) in [6, 6.07) is 7.70. The number of methoxy groups -OCH3 is 1. The summed E-state index contributed by atoms with van der Waals surface area (Å²) in [6.45, 7) is 9.24. The highest BCUT2D eigenvalue weighted by atomic mass is 16.5. The maximum Gasteiger partial charge on any atom is 0.272 e. The van der Waals surface area contributed by atoms with E-state index in [-0.39, 0.29) is 11.3 Å². The van der Waals surface area contributed by atoms with Crippen LogP contribution in [0.4, 0.5) is 5.69 Å². The monoisotopic (exact) mass is 340 g/mol. The van der Waals surface area contributed by atoms with Crippen LogP contribution in [0.1, 0.15) is 49.4 Å². The average Bonchev–Trinajstić information content (AvgIpc) is 2.88. The van der Waals surface area contributed by atoms with Crippen molar-refractivity contribution in [1.82, 2.24) is 15.1 Å². The summed E-state index contributed by atoms with van der Waals surface area (Å²) in [5, 5.41) is 7.61. The number of nitrogens with zero attached hydrogens (tertiary/aromatic N) is 3. The Morgan fingerprint density at radius 1 is 1.24 bits per heavy atom. The Labute approximate surface area is 147 Å². The van der Waals surface area contributed by atoms with Crippen LogP contribution in [0.5, 0.6) is 5.75 Å². The largest absolute Gasteiger partial charge is 0.497 e. The van der Waals surface area contributed by atoms with Gasteiger partial charge in [0.15, 0.2) is 5.69 Å². The molecule has 0 aliphatic carbocycles. The van der Waals surface area contributed by atoms with Gasteiger partial charge in [-0.3, -0.25) is 9.48 Å². The number of hydrogen-bond donors (Lipinski definition) is 1. The summed E-state index contributed by atoms with van der Waals surface area (Å²) in [6.07, 6.45) is 0. The van der Waals surface area contributed by atoms with Gasteiger partial charge in [0.25, 0.3) is 5.91 Å². The standard InChI is InChI=1S/C19H24N4O2/c1-6-23-16-15(17(22-23)19(2,3)4)21-14(11-20-18(16)24)12-7-9-13(25-5)10-8-12/h7-10H,6,11H2,1-5H3,(H,20,24). The number of aromatic nitrogens is 2. The Morgan fingerprint density at radius 3 is 2.48 bits per heavy atom. The molecule has 1 aliphatic heterocycles. The molecular formula is C19H24N4O2.